The molecule has 0 saturated carbocycles. The maximum Gasteiger partial charge on any atom is 0.203 e. The van der Waals surface area contributed by atoms with Gasteiger partial charge in [-0.05, 0) is 14.1 Å². The highest BCUT2D eigenvalue weighted by atomic mass is 28.2. The van der Waals surface area contributed by atoms with Gasteiger partial charge in [0.05, 0.1) is 0 Å². The predicted molar refractivity (Wildman–Crippen MR) is 49.2 cm³/mol. The van der Waals surface area contributed by atoms with Crippen molar-refractivity contribution in [2.45, 2.75) is 5.53 Å². The van der Waals surface area contributed by atoms with Crippen LogP contribution in [0.15, 0.2) is 12.3 Å². The molecule has 0 unspecified atom stereocenters. The molecule has 0 bridgehead atoms. The molecule has 0 aromatic heterocycles. The van der Waals surface area contributed by atoms with Gasteiger partial charge in [0.2, 0.25) is 5.53 Å². The summed E-state index contributed by atoms with van der Waals surface area (Å²) in [5, 5.41) is 0. The van der Waals surface area contributed by atoms with Crippen molar-refractivity contribution < 1.29 is 9.47 Å². The van der Waals surface area contributed by atoms with E-state index < -0.39 is 15.1 Å². The third kappa shape index (κ3) is 2.41. The molecule has 0 radical (unpaired) electrons. The zero-order valence-electron chi connectivity index (χ0n) is 7.76. The van der Waals surface area contributed by atoms with Gasteiger partial charge < -0.3 is 9.47 Å². The van der Waals surface area contributed by atoms with Crippen LogP contribution >= 0.6 is 0 Å². The Labute approximate surface area is 70.8 Å². The molecule has 66 valence electrons. The summed E-state index contributed by atoms with van der Waals surface area (Å²) in [5.74, 6) is 0. The van der Waals surface area contributed by atoms with Gasteiger partial charge in [-0.25, -0.2) is 0 Å². The molecule has 0 atom stereocenters. The van der Waals surface area contributed by atoms with E-state index in [4.69, 9.17) is 9.47 Å². The Morgan fingerprint density at radius 3 is 1.91 bits per heavy atom. The Kier molecular flexibility index (Phi) is 4.59. The van der Waals surface area contributed by atoms with Gasteiger partial charge in [-0.3, -0.25) is 4.90 Å². The summed E-state index contributed by atoms with van der Waals surface area (Å²) in [6, 6.07) is 0. The Hall–Kier alpha value is -0.163. The minimum absolute atomic E-state index is 0.512. The van der Waals surface area contributed by atoms with Crippen LogP contribution in [-0.4, -0.2) is 48.3 Å². The highest BCUT2D eigenvalue weighted by Gasteiger charge is 2.30. The van der Waals surface area contributed by atoms with Crippen LogP contribution in [0.5, 0.6) is 0 Å². The SMILES string of the molecule is C=C[SiH2]C(OC)(OC)N(C)C. The second kappa shape index (κ2) is 4.66. The molecule has 0 rings (SSSR count). The molecule has 0 fully saturated rings. The van der Waals surface area contributed by atoms with Gasteiger partial charge in [0.15, 0.2) is 0 Å². The van der Waals surface area contributed by atoms with Crippen LogP contribution in [0.1, 0.15) is 0 Å². The predicted octanol–water partition coefficient (Wildman–Crippen LogP) is -0.236. The van der Waals surface area contributed by atoms with Gasteiger partial charge in [-0.15, -0.1) is 12.3 Å². The maximum atomic E-state index is 5.28. The first-order valence-electron chi connectivity index (χ1n) is 3.51. The van der Waals surface area contributed by atoms with Gasteiger partial charge in [-0.2, -0.15) is 0 Å². The molecule has 0 aromatic rings. The van der Waals surface area contributed by atoms with Crippen molar-refractivity contribution in [1.29, 1.82) is 0 Å². The zero-order valence-corrected chi connectivity index (χ0v) is 9.17. The standard InChI is InChI=1S/C7H17NO2Si/c1-6-11-7(9-4,10-5)8(2)3/h6H,1,11H2,2-5H3. The van der Waals surface area contributed by atoms with Gasteiger partial charge in [0, 0.05) is 14.2 Å². The second-order valence-electron chi connectivity index (χ2n) is 2.51. The molecule has 0 aliphatic rings. The van der Waals surface area contributed by atoms with Gasteiger partial charge in [0.1, 0.15) is 9.52 Å². The summed E-state index contributed by atoms with van der Waals surface area (Å²) in [6.45, 7) is 3.70. The largest absolute Gasteiger partial charge is 0.345 e. The minimum Gasteiger partial charge on any atom is -0.345 e. The molecular weight excluding hydrogens is 158 g/mol. The molecule has 0 aliphatic carbocycles. The van der Waals surface area contributed by atoms with Crippen molar-refractivity contribution in [3.63, 3.8) is 0 Å². The molecule has 3 nitrogen and oxygen atoms in total. The fourth-order valence-corrected chi connectivity index (χ4v) is 2.04. The summed E-state index contributed by atoms with van der Waals surface area (Å²) < 4.78 is 10.6. The van der Waals surface area contributed by atoms with E-state index in [2.05, 4.69) is 6.58 Å². The van der Waals surface area contributed by atoms with Gasteiger partial charge in [0.25, 0.3) is 0 Å². The van der Waals surface area contributed by atoms with E-state index in [0.29, 0.717) is 0 Å². The molecule has 0 heterocycles. The van der Waals surface area contributed by atoms with Gasteiger partial charge in [-0.1, -0.05) is 0 Å². The zero-order chi connectivity index (χ0) is 8.91. The summed E-state index contributed by atoms with van der Waals surface area (Å²) in [7, 11) is 6.60. The molecule has 0 aromatic carbocycles. The molecule has 4 heteroatoms. The fourth-order valence-electron chi connectivity index (χ4n) is 0.980. The second-order valence-corrected chi connectivity index (χ2v) is 4.39. The number of ether oxygens (including phenoxy) is 2. The molecular formula is C7H17NO2Si. The smallest absolute Gasteiger partial charge is 0.203 e. The first kappa shape index (κ1) is 10.8. The lowest BCUT2D eigenvalue weighted by Gasteiger charge is -2.35. The number of nitrogens with zero attached hydrogens (tertiary/aromatic N) is 1. The summed E-state index contributed by atoms with van der Waals surface area (Å²) in [6.07, 6.45) is 0. The number of hydrogen-bond acceptors (Lipinski definition) is 3. The Morgan fingerprint density at radius 1 is 1.36 bits per heavy atom. The van der Waals surface area contributed by atoms with Crippen molar-refractivity contribution in [3.8, 4) is 0 Å². The van der Waals surface area contributed by atoms with Crippen LogP contribution < -0.4 is 0 Å². The number of rotatable bonds is 5. The van der Waals surface area contributed by atoms with Crippen LogP contribution in [0, 0.1) is 0 Å². The monoisotopic (exact) mass is 175 g/mol. The lowest BCUT2D eigenvalue weighted by Crippen LogP contribution is -2.52. The van der Waals surface area contributed by atoms with Crippen LogP contribution in [0.2, 0.25) is 0 Å². The molecule has 0 amide bonds. The molecule has 0 spiro atoms. The average molecular weight is 175 g/mol. The average Bonchev–Trinajstić information content (AvgIpc) is 2.00. The molecule has 0 saturated heterocycles. The molecule has 11 heavy (non-hydrogen) atoms. The van der Waals surface area contributed by atoms with Crippen molar-refractivity contribution in [1.82, 2.24) is 4.90 Å². The Morgan fingerprint density at radius 2 is 1.82 bits per heavy atom. The number of hydrogen-bond donors (Lipinski definition) is 0. The minimum atomic E-state index is -0.573. The topological polar surface area (TPSA) is 21.7 Å². The third-order valence-electron chi connectivity index (χ3n) is 1.72. The van der Waals surface area contributed by atoms with E-state index in [9.17, 15) is 0 Å². The normalized spacial score (nSPS) is 13.2. The van der Waals surface area contributed by atoms with Crippen LogP contribution in [-0.2, 0) is 9.47 Å². The molecule has 0 N–H and O–H groups in total. The summed E-state index contributed by atoms with van der Waals surface area (Å²) in [4.78, 5) is 1.93. The van der Waals surface area contributed by atoms with Gasteiger partial charge >= 0.3 is 0 Å². The lowest BCUT2D eigenvalue weighted by molar-refractivity contribution is -0.222. The van der Waals surface area contributed by atoms with E-state index in [-0.39, 0.29) is 0 Å². The summed E-state index contributed by atoms with van der Waals surface area (Å²) >= 11 is 0. The van der Waals surface area contributed by atoms with Crippen molar-refractivity contribution in [3.05, 3.63) is 12.3 Å². The Bertz CT molecular complexity index is 124. The van der Waals surface area contributed by atoms with E-state index in [1.165, 1.54) is 0 Å². The van der Waals surface area contributed by atoms with Crippen molar-refractivity contribution >= 4 is 9.52 Å². The third-order valence-corrected chi connectivity index (χ3v) is 3.74. The van der Waals surface area contributed by atoms with E-state index in [1.807, 2.05) is 24.7 Å². The van der Waals surface area contributed by atoms with Crippen LogP contribution in [0.3, 0.4) is 0 Å². The first-order valence-corrected chi connectivity index (χ1v) is 5.04. The Balaban J connectivity index is 4.31. The van der Waals surface area contributed by atoms with Crippen LogP contribution in [0.4, 0.5) is 0 Å². The highest BCUT2D eigenvalue weighted by molar-refractivity contribution is 6.44. The van der Waals surface area contributed by atoms with Crippen molar-refractivity contribution in [2.24, 2.45) is 0 Å². The molecule has 0 aliphatic heterocycles. The van der Waals surface area contributed by atoms with E-state index in [1.54, 1.807) is 14.2 Å². The van der Waals surface area contributed by atoms with E-state index in [0.717, 1.165) is 0 Å². The van der Waals surface area contributed by atoms with Crippen LogP contribution in [0.25, 0.3) is 0 Å². The number of methoxy groups -OCH3 is 2. The fraction of sp³-hybridized carbons (Fsp3) is 0.714. The maximum absolute atomic E-state index is 5.28. The highest BCUT2D eigenvalue weighted by Crippen LogP contribution is 2.11. The quantitative estimate of drug-likeness (QED) is 0.425. The first-order chi connectivity index (χ1) is 5.13. The summed E-state index contributed by atoms with van der Waals surface area (Å²) in [5.41, 5.74) is 1.40. The van der Waals surface area contributed by atoms with Crippen molar-refractivity contribution in [2.75, 3.05) is 28.3 Å². The van der Waals surface area contributed by atoms with E-state index >= 15 is 0 Å². The lowest BCUT2D eigenvalue weighted by atomic mass is 10.8.